The maximum absolute atomic E-state index is 13.8. The Morgan fingerprint density at radius 3 is 2.58 bits per heavy atom. The molecule has 6 heterocycles. The van der Waals surface area contributed by atoms with E-state index < -0.39 is 5.97 Å². The van der Waals surface area contributed by atoms with Gasteiger partial charge in [-0.25, -0.2) is 19.2 Å². The number of hydrogen-bond acceptors (Lipinski definition) is 11. The van der Waals surface area contributed by atoms with E-state index in [1.54, 1.807) is 6.07 Å². The molecule has 0 spiro atoms. The Balaban J connectivity index is 0.843. The van der Waals surface area contributed by atoms with E-state index in [1.807, 2.05) is 30.2 Å². The summed E-state index contributed by atoms with van der Waals surface area (Å²) in [5.41, 5.74) is 5.55. The number of nitrogens with one attached hydrogen (secondary N) is 1. The van der Waals surface area contributed by atoms with Crippen molar-refractivity contribution in [2.75, 3.05) is 43.0 Å². The number of aromatic carboxylic acids is 1. The number of anilines is 4. The van der Waals surface area contributed by atoms with Gasteiger partial charge in [-0.15, -0.1) is 10.2 Å². The molecule has 308 valence electrons. The lowest BCUT2D eigenvalue weighted by atomic mass is 9.43. The van der Waals surface area contributed by atoms with Gasteiger partial charge >= 0.3 is 5.97 Å². The zero-order valence-corrected chi connectivity index (χ0v) is 35.2. The summed E-state index contributed by atoms with van der Waals surface area (Å²) >= 11 is 1.43. The van der Waals surface area contributed by atoms with E-state index in [9.17, 15) is 14.3 Å². The Morgan fingerprint density at radius 2 is 1.80 bits per heavy atom. The van der Waals surface area contributed by atoms with E-state index >= 15 is 0 Å². The highest BCUT2D eigenvalue weighted by molar-refractivity contribution is 7.22. The summed E-state index contributed by atoms with van der Waals surface area (Å²) in [6, 6.07) is 8.35. The second kappa shape index (κ2) is 13.2. The number of thiazole rings is 1. The fraction of sp³-hybridized carbons (Fsp3) is 0.556. The second-order valence-electron chi connectivity index (χ2n) is 19.4. The second-order valence-corrected chi connectivity index (χ2v) is 20.5. The van der Waals surface area contributed by atoms with Crippen LogP contribution in [0.25, 0.3) is 21.3 Å². The number of pyridine rings is 1. The number of carboxylic acids is 1. The number of likely N-dealkylation sites (tertiary alicyclic amines) is 1. The number of hydrogen-bond donors (Lipinski definition) is 2. The van der Waals surface area contributed by atoms with Crippen molar-refractivity contribution in [1.29, 1.82) is 0 Å². The fourth-order valence-electron chi connectivity index (χ4n) is 14.0. The molecule has 3 atom stereocenters. The lowest BCUT2D eigenvalue weighted by molar-refractivity contribution is -0.141. The topological polar surface area (TPSA) is 134 Å². The monoisotopic (exact) mass is 817 g/mol. The van der Waals surface area contributed by atoms with Gasteiger partial charge in [0, 0.05) is 53.6 Å². The van der Waals surface area contributed by atoms with Gasteiger partial charge in [0.2, 0.25) is 0 Å². The zero-order valence-electron chi connectivity index (χ0n) is 34.4. The van der Waals surface area contributed by atoms with Gasteiger partial charge in [0.25, 0.3) is 0 Å². The van der Waals surface area contributed by atoms with Gasteiger partial charge in [0.05, 0.1) is 28.6 Å². The summed E-state index contributed by atoms with van der Waals surface area (Å²) in [6.07, 6.45) is 12.0. The van der Waals surface area contributed by atoms with Crippen molar-refractivity contribution in [3.05, 3.63) is 64.9 Å². The highest BCUT2D eigenvalue weighted by Gasteiger charge is 2.79. The molecule has 0 amide bonds. The quantitative estimate of drug-likeness (QED) is 0.133. The molecule has 5 aliphatic carbocycles. The molecule has 5 aromatic rings. The van der Waals surface area contributed by atoms with Crippen LogP contribution in [0.15, 0.2) is 36.5 Å². The van der Waals surface area contributed by atoms with E-state index in [4.69, 9.17) is 14.8 Å². The molecule has 6 bridgehead atoms. The lowest BCUT2D eigenvalue weighted by Crippen LogP contribution is -2.55. The minimum absolute atomic E-state index is 0.00141. The van der Waals surface area contributed by atoms with E-state index in [0.29, 0.717) is 46.1 Å². The van der Waals surface area contributed by atoms with Crippen molar-refractivity contribution >= 4 is 50.1 Å². The Bertz CT molecular complexity index is 2510. The third kappa shape index (κ3) is 5.86. The summed E-state index contributed by atoms with van der Waals surface area (Å²) in [4.78, 5) is 26.8. The molecule has 12 rings (SSSR count). The van der Waals surface area contributed by atoms with Crippen LogP contribution in [0.4, 0.5) is 27.0 Å². The molecule has 5 saturated carbocycles. The first kappa shape index (κ1) is 37.5. The van der Waals surface area contributed by atoms with Crippen LogP contribution in [0.1, 0.15) is 92.5 Å². The smallest absolute Gasteiger partial charge is 0.355 e. The van der Waals surface area contributed by atoms with Crippen LogP contribution in [-0.4, -0.2) is 84.3 Å². The highest BCUT2D eigenvalue weighted by Crippen LogP contribution is 2.83. The molecule has 12 nitrogen and oxygen atoms in total. The van der Waals surface area contributed by atoms with Crippen molar-refractivity contribution < 1.29 is 19.0 Å². The molecule has 3 unspecified atom stereocenters. The van der Waals surface area contributed by atoms with Crippen LogP contribution >= 0.6 is 11.3 Å². The summed E-state index contributed by atoms with van der Waals surface area (Å²) in [6.45, 7) is 15.0. The third-order valence-corrected chi connectivity index (χ3v) is 16.3. The molecule has 4 aromatic heterocycles. The SMILES string of the molecule is Cc1c(Nc2nc3cc(F)ccc3s2)nnc2c1CCCN2c1ccc(-c2cnn(CC34CC5C6C(C)(C3)CC5(OCCN3CCCC3)CC6(C)C4)c2C)c(C(=O)O)n1. The van der Waals surface area contributed by atoms with Crippen LogP contribution in [0.5, 0.6) is 0 Å². The molecule has 1 aromatic carbocycles. The highest BCUT2D eigenvalue weighted by atomic mass is 32.1. The van der Waals surface area contributed by atoms with Crippen LogP contribution in [0, 0.1) is 47.7 Å². The number of ether oxygens (including phenoxy) is 1. The van der Waals surface area contributed by atoms with Gasteiger partial charge in [-0.05, 0) is 137 Å². The Labute approximate surface area is 347 Å². The van der Waals surface area contributed by atoms with Gasteiger partial charge in [0.15, 0.2) is 22.5 Å². The molecule has 1 saturated heterocycles. The van der Waals surface area contributed by atoms with Gasteiger partial charge in [-0.2, -0.15) is 5.10 Å². The van der Waals surface area contributed by atoms with Gasteiger partial charge in [0.1, 0.15) is 11.6 Å². The van der Waals surface area contributed by atoms with Crippen LogP contribution in [-0.2, 0) is 17.7 Å². The first-order chi connectivity index (χ1) is 28.3. The van der Waals surface area contributed by atoms with Crippen molar-refractivity contribution in [1.82, 2.24) is 34.8 Å². The van der Waals surface area contributed by atoms with Crippen molar-refractivity contribution in [2.45, 2.75) is 97.6 Å². The molecular weight excluding hydrogens is 766 g/mol. The van der Waals surface area contributed by atoms with Crippen LogP contribution in [0.3, 0.4) is 0 Å². The predicted molar refractivity (Wildman–Crippen MR) is 225 cm³/mol. The fourth-order valence-corrected chi connectivity index (χ4v) is 14.8. The predicted octanol–water partition coefficient (Wildman–Crippen LogP) is 8.71. The maximum Gasteiger partial charge on any atom is 0.355 e. The number of benzene rings is 1. The third-order valence-electron chi connectivity index (χ3n) is 15.4. The first-order valence-electron chi connectivity index (χ1n) is 21.5. The molecule has 2 N–H and O–H groups in total. The number of rotatable bonds is 11. The normalized spacial score (nSPS) is 30.6. The number of carbonyl (C=O) groups is 1. The minimum Gasteiger partial charge on any atom is -0.476 e. The van der Waals surface area contributed by atoms with E-state index in [0.717, 1.165) is 65.5 Å². The molecule has 0 radical (unpaired) electrons. The first-order valence-corrected chi connectivity index (χ1v) is 22.3. The number of fused-ring (bicyclic) bond motifs is 2. The summed E-state index contributed by atoms with van der Waals surface area (Å²) in [7, 11) is 0. The van der Waals surface area contributed by atoms with Crippen molar-refractivity contribution in [3.8, 4) is 11.1 Å². The number of carboxylic acid groups (broad SMARTS) is 1. The average molecular weight is 818 g/mol. The zero-order chi connectivity index (χ0) is 40.5. The van der Waals surface area contributed by atoms with E-state index in [2.05, 4.69) is 50.9 Å². The molecule has 14 heteroatoms. The maximum atomic E-state index is 13.8. The Hall–Kier alpha value is -4.53. The molecular formula is C45H52FN9O3S. The van der Waals surface area contributed by atoms with Crippen LogP contribution in [0.2, 0.25) is 0 Å². The van der Waals surface area contributed by atoms with E-state index in [-0.39, 0.29) is 33.4 Å². The van der Waals surface area contributed by atoms with E-state index in [1.165, 1.54) is 81.5 Å². The molecule has 6 fully saturated rings. The number of aromatic nitrogens is 6. The minimum atomic E-state index is -1.08. The summed E-state index contributed by atoms with van der Waals surface area (Å²) in [5, 5.41) is 28.6. The molecule has 59 heavy (non-hydrogen) atoms. The van der Waals surface area contributed by atoms with Gasteiger partial charge in [-0.1, -0.05) is 25.2 Å². The van der Waals surface area contributed by atoms with Crippen molar-refractivity contribution in [3.63, 3.8) is 0 Å². The standard InChI is InChI=1S/C45H52FN9O3S/c1-26-29-8-7-15-54(39(29)52-51-38(26)50-41-48-33-18-28(46)9-11-34(33)59-41)35-12-10-30(36(49-35)40(56)57)31-20-47-55(27(31)2)25-44-19-32-37-42(3,21-44)23-45(32,24-43(37,4)22-44)58-17-16-53-13-5-6-14-53/h9-12,18,20,32,37H,5-8,13-17,19,21-25H2,1-4H3,(H,56,57)(H,48,50,51). The summed E-state index contributed by atoms with van der Waals surface area (Å²) < 4.78 is 23.9. The van der Waals surface area contributed by atoms with Gasteiger partial charge in [-0.3, -0.25) is 4.68 Å². The molecule has 7 aliphatic rings. The lowest BCUT2D eigenvalue weighted by Gasteiger charge is -2.62. The van der Waals surface area contributed by atoms with Crippen LogP contribution < -0.4 is 10.2 Å². The molecule has 2 aliphatic heterocycles. The number of nitrogens with zero attached hydrogens (tertiary/aromatic N) is 8. The van der Waals surface area contributed by atoms with Crippen molar-refractivity contribution in [2.24, 2.45) is 28.1 Å². The van der Waals surface area contributed by atoms with Gasteiger partial charge < -0.3 is 25.0 Å². The average Bonchev–Trinajstić information content (AvgIpc) is 4.00. The Morgan fingerprint density at radius 1 is 1.00 bits per heavy atom. The summed E-state index contributed by atoms with van der Waals surface area (Å²) in [5.74, 6) is 1.67. The largest absolute Gasteiger partial charge is 0.476 e. The number of halogens is 1. The Kier molecular flexibility index (Phi) is 8.40.